The van der Waals surface area contributed by atoms with Gasteiger partial charge in [0.25, 0.3) is 0 Å². The largest absolute Gasteiger partial charge is 0.324 e. The molecule has 0 aliphatic rings. The van der Waals surface area contributed by atoms with E-state index in [1.165, 1.54) is 0 Å². The molecule has 3 aromatic rings. The molecule has 5 nitrogen and oxygen atoms in total. The molecule has 0 aliphatic heterocycles. The number of rotatable bonds is 4. The molecule has 0 unspecified atom stereocenters. The first-order valence-electron chi connectivity index (χ1n) is 6.16. The molecule has 2 aromatic carbocycles. The lowest BCUT2D eigenvalue weighted by Gasteiger charge is -2.06. The zero-order valence-electron chi connectivity index (χ0n) is 10.6. The van der Waals surface area contributed by atoms with Gasteiger partial charge in [-0.05, 0) is 24.3 Å². The van der Waals surface area contributed by atoms with E-state index in [-0.39, 0.29) is 0 Å². The van der Waals surface area contributed by atoms with Gasteiger partial charge in [0.1, 0.15) is 0 Å². The molecule has 1 radical (unpaired) electrons. The second kappa shape index (κ2) is 5.79. The average molecular weight is 262 g/mol. The van der Waals surface area contributed by atoms with E-state index in [0.717, 1.165) is 11.4 Å². The molecule has 1 aromatic heterocycles. The van der Waals surface area contributed by atoms with Crippen molar-refractivity contribution in [3.8, 4) is 0 Å². The summed E-state index contributed by atoms with van der Waals surface area (Å²) in [4.78, 5) is 12.2. The third-order valence-electron chi connectivity index (χ3n) is 2.58. The highest BCUT2D eigenvalue weighted by Crippen LogP contribution is 2.14. The zero-order chi connectivity index (χ0) is 13.6. The van der Waals surface area contributed by atoms with Crippen LogP contribution in [0.3, 0.4) is 0 Å². The van der Waals surface area contributed by atoms with Gasteiger partial charge in [-0.15, -0.1) is 0 Å². The number of nitrogens with one attached hydrogen (secondary N) is 2. The lowest BCUT2D eigenvalue weighted by atomic mass is 10.3. The average Bonchev–Trinajstić information content (AvgIpc) is 2.50. The van der Waals surface area contributed by atoms with E-state index < -0.39 is 0 Å². The predicted molar refractivity (Wildman–Crippen MR) is 78.1 cm³/mol. The second-order valence-corrected chi connectivity index (χ2v) is 4.06. The van der Waals surface area contributed by atoms with E-state index >= 15 is 0 Å². The number of hydrogen-bond donors (Lipinski definition) is 2. The Morgan fingerprint density at radius 1 is 0.650 bits per heavy atom. The Bertz CT molecular complexity index is 613. The van der Waals surface area contributed by atoms with Crippen LogP contribution in [0, 0.1) is 6.33 Å². The Hall–Kier alpha value is -2.95. The van der Waals surface area contributed by atoms with Crippen molar-refractivity contribution in [3.05, 3.63) is 67.0 Å². The maximum Gasteiger partial charge on any atom is 0.232 e. The lowest BCUT2D eigenvalue weighted by molar-refractivity contribution is 1.05. The summed E-state index contributed by atoms with van der Waals surface area (Å²) in [7, 11) is 0. The van der Waals surface area contributed by atoms with Crippen LogP contribution in [-0.2, 0) is 0 Å². The molecule has 2 N–H and O–H groups in total. The standard InChI is InChI=1S/C15H12N5/c1-3-7-12(8-4-1)18-14-16-11-17-15(20-14)19-13-9-5-2-6-10-13/h1-10H,(H2,16,17,18,19,20). The minimum atomic E-state index is 0.449. The van der Waals surface area contributed by atoms with E-state index in [9.17, 15) is 0 Å². The summed E-state index contributed by atoms with van der Waals surface area (Å²) in [6.45, 7) is 0. The van der Waals surface area contributed by atoms with Gasteiger partial charge in [-0.3, -0.25) is 0 Å². The van der Waals surface area contributed by atoms with Crippen LogP contribution in [-0.4, -0.2) is 15.0 Å². The third-order valence-corrected chi connectivity index (χ3v) is 2.58. The van der Waals surface area contributed by atoms with Crippen molar-refractivity contribution >= 4 is 23.3 Å². The topological polar surface area (TPSA) is 62.7 Å². The molecule has 0 saturated carbocycles. The molecule has 1 heterocycles. The number of anilines is 4. The minimum absolute atomic E-state index is 0.449. The Balaban J connectivity index is 1.76. The minimum Gasteiger partial charge on any atom is -0.324 e. The Labute approximate surface area is 116 Å². The van der Waals surface area contributed by atoms with Crippen LogP contribution in [0.25, 0.3) is 0 Å². The zero-order valence-corrected chi connectivity index (χ0v) is 10.6. The molecule has 3 rings (SSSR count). The van der Waals surface area contributed by atoms with Crippen LogP contribution in [0.2, 0.25) is 0 Å². The first-order valence-corrected chi connectivity index (χ1v) is 6.16. The van der Waals surface area contributed by atoms with Gasteiger partial charge in [0, 0.05) is 11.4 Å². The van der Waals surface area contributed by atoms with Crippen LogP contribution in [0.4, 0.5) is 23.3 Å². The van der Waals surface area contributed by atoms with Crippen LogP contribution < -0.4 is 10.6 Å². The highest BCUT2D eigenvalue weighted by molar-refractivity contribution is 5.56. The number of para-hydroxylation sites is 2. The molecule has 20 heavy (non-hydrogen) atoms. The summed E-state index contributed by atoms with van der Waals surface area (Å²) in [5, 5.41) is 6.19. The van der Waals surface area contributed by atoms with Crippen molar-refractivity contribution in [2.24, 2.45) is 0 Å². The summed E-state index contributed by atoms with van der Waals surface area (Å²) < 4.78 is 0. The molecule has 5 heteroatoms. The number of aromatic nitrogens is 3. The lowest BCUT2D eigenvalue weighted by Crippen LogP contribution is -2.02. The Morgan fingerprint density at radius 2 is 1.10 bits per heavy atom. The fourth-order valence-electron chi connectivity index (χ4n) is 1.68. The smallest absolute Gasteiger partial charge is 0.232 e. The molecular weight excluding hydrogens is 250 g/mol. The van der Waals surface area contributed by atoms with Gasteiger partial charge in [0.05, 0.1) is 0 Å². The van der Waals surface area contributed by atoms with Crippen LogP contribution >= 0.6 is 0 Å². The van der Waals surface area contributed by atoms with Gasteiger partial charge in [0.2, 0.25) is 18.2 Å². The van der Waals surface area contributed by atoms with E-state index in [1.807, 2.05) is 60.7 Å². The van der Waals surface area contributed by atoms with Gasteiger partial charge in [0.15, 0.2) is 0 Å². The molecular formula is C15H12N5. The van der Waals surface area contributed by atoms with Crippen LogP contribution in [0.5, 0.6) is 0 Å². The van der Waals surface area contributed by atoms with Crippen LogP contribution in [0.15, 0.2) is 60.7 Å². The maximum atomic E-state index is 4.29. The summed E-state index contributed by atoms with van der Waals surface area (Å²) >= 11 is 0. The normalized spacial score (nSPS) is 10.0. The summed E-state index contributed by atoms with van der Waals surface area (Å²) in [6.07, 6.45) is 2.58. The maximum absolute atomic E-state index is 4.29. The van der Waals surface area contributed by atoms with Gasteiger partial charge < -0.3 is 10.6 Å². The van der Waals surface area contributed by atoms with Gasteiger partial charge in [-0.1, -0.05) is 36.4 Å². The van der Waals surface area contributed by atoms with E-state index in [0.29, 0.717) is 11.9 Å². The van der Waals surface area contributed by atoms with Crippen molar-refractivity contribution in [1.29, 1.82) is 0 Å². The molecule has 0 aliphatic carbocycles. The second-order valence-electron chi connectivity index (χ2n) is 4.06. The first kappa shape index (κ1) is 12.1. The van der Waals surface area contributed by atoms with Crippen molar-refractivity contribution in [2.45, 2.75) is 0 Å². The van der Waals surface area contributed by atoms with Gasteiger partial charge >= 0.3 is 0 Å². The van der Waals surface area contributed by atoms with Crippen molar-refractivity contribution in [2.75, 3.05) is 10.6 Å². The molecule has 0 bridgehead atoms. The third kappa shape index (κ3) is 3.08. The number of nitrogens with zero attached hydrogens (tertiary/aromatic N) is 3. The predicted octanol–water partition coefficient (Wildman–Crippen LogP) is 3.16. The summed E-state index contributed by atoms with van der Waals surface area (Å²) in [5.74, 6) is 0.897. The molecule has 0 spiro atoms. The summed E-state index contributed by atoms with van der Waals surface area (Å²) in [6, 6.07) is 19.4. The monoisotopic (exact) mass is 262 g/mol. The van der Waals surface area contributed by atoms with Crippen molar-refractivity contribution in [1.82, 2.24) is 15.0 Å². The van der Waals surface area contributed by atoms with Crippen molar-refractivity contribution in [3.63, 3.8) is 0 Å². The number of benzene rings is 2. The van der Waals surface area contributed by atoms with Crippen molar-refractivity contribution < 1.29 is 0 Å². The molecule has 0 atom stereocenters. The Morgan fingerprint density at radius 3 is 1.55 bits per heavy atom. The van der Waals surface area contributed by atoms with Gasteiger partial charge in [-0.2, -0.15) is 15.0 Å². The SMILES string of the molecule is [c]1nc(Nc2ccccc2)nc(Nc2ccccc2)n1. The van der Waals surface area contributed by atoms with E-state index in [4.69, 9.17) is 0 Å². The Kier molecular flexibility index (Phi) is 3.51. The highest BCUT2D eigenvalue weighted by Gasteiger charge is 2.02. The fraction of sp³-hybridized carbons (Fsp3) is 0. The molecule has 0 amide bonds. The first-order chi connectivity index (χ1) is 9.90. The molecule has 97 valence electrons. The number of hydrogen-bond acceptors (Lipinski definition) is 5. The fourth-order valence-corrected chi connectivity index (χ4v) is 1.68. The highest BCUT2D eigenvalue weighted by atomic mass is 15.2. The summed E-state index contributed by atoms with van der Waals surface area (Å²) in [5.41, 5.74) is 1.83. The quantitative estimate of drug-likeness (QED) is 0.756. The molecule has 0 fully saturated rings. The molecule has 0 saturated heterocycles. The van der Waals surface area contributed by atoms with Crippen LogP contribution in [0.1, 0.15) is 0 Å². The van der Waals surface area contributed by atoms with E-state index in [2.05, 4.69) is 31.9 Å². The van der Waals surface area contributed by atoms with E-state index in [1.54, 1.807) is 0 Å². The van der Waals surface area contributed by atoms with Gasteiger partial charge in [-0.25, -0.2) is 0 Å².